The zero-order valence-electron chi connectivity index (χ0n) is 31.8. The van der Waals surface area contributed by atoms with E-state index in [1.165, 1.54) is 15.9 Å². The Bertz CT molecular complexity index is 3410. The first-order valence-corrected chi connectivity index (χ1v) is 25.3. The number of benzene rings is 8. The molecule has 4 nitrogen and oxygen atoms in total. The molecule has 7 heteroatoms. The Balaban J connectivity index is 1.23. The van der Waals surface area contributed by atoms with Crippen LogP contribution in [0.3, 0.4) is 0 Å². The summed E-state index contributed by atoms with van der Waals surface area (Å²) in [5, 5.41) is 10.5. The molecule has 0 amide bonds. The molecule has 0 aliphatic heterocycles. The first kappa shape index (κ1) is 35.9. The van der Waals surface area contributed by atoms with Crippen LogP contribution in [0.2, 0.25) is 0 Å². The van der Waals surface area contributed by atoms with E-state index in [0.29, 0.717) is 0 Å². The number of rotatable bonds is 7. The molecule has 3 aromatic heterocycles. The molecule has 0 radical (unpaired) electrons. The van der Waals surface area contributed by atoms with Crippen LogP contribution in [0.15, 0.2) is 212 Å². The molecule has 0 atom stereocenters. The average Bonchev–Trinajstić information content (AvgIpc) is 3.71. The third-order valence-corrected chi connectivity index (χ3v) is 21.6. The molecule has 0 bridgehead atoms. The first-order valence-electron chi connectivity index (χ1n) is 19.6. The van der Waals surface area contributed by atoms with E-state index in [9.17, 15) is 0 Å². The van der Waals surface area contributed by atoms with E-state index in [1.54, 1.807) is 0 Å². The molecule has 11 aromatic rings. The van der Waals surface area contributed by atoms with E-state index >= 15 is 4.57 Å². The fraction of sp³-hybridized carbons (Fsp3) is 0. The summed E-state index contributed by atoms with van der Waals surface area (Å²) < 4.78 is 18.1. The minimum atomic E-state index is -3.28. The second kappa shape index (κ2) is 14.3. The van der Waals surface area contributed by atoms with Crippen LogP contribution in [-0.4, -0.2) is 29.5 Å². The van der Waals surface area contributed by atoms with Crippen molar-refractivity contribution in [1.29, 1.82) is 0 Å². The molecule has 0 saturated heterocycles. The van der Waals surface area contributed by atoms with Crippen LogP contribution in [-0.2, 0) is 4.57 Å². The van der Waals surface area contributed by atoms with Crippen LogP contribution in [0.5, 0.6) is 0 Å². The number of hydrogen-bond donors (Lipinski definition) is 0. The standard InChI is InChI=1S/C52H35N3OP2Se/c56-57(39-15-5-1-6-16-39,40-17-7-2-8-18-40)43-26-29-46-45-28-27-44(58(59,41-19-9-3-10-20-41)42-21-11-4-12-22-42)34-47(45)52-54-48-30-25-38(33-51(48)55(52)50(46)35-43)37-24-23-36-14-13-31-53-49(36)32-37/h1-35H. The third-order valence-electron chi connectivity index (χ3n) is 11.6. The van der Waals surface area contributed by atoms with Crippen LogP contribution in [0, 0.1) is 0 Å². The Hall–Kier alpha value is -6.18. The van der Waals surface area contributed by atoms with Crippen molar-refractivity contribution < 1.29 is 4.57 Å². The van der Waals surface area contributed by atoms with Crippen molar-refractivity contribution in [3.05, 3.63) is 212 Å². The maximum absolute atomic E-state index is 15.8. The summed E-state index contributed by atoms with van der Waals surface area (Å²) in [6, 6.07) is 71.8. The van der Waals surface area contributed by atoms with Crippen molar-refractivity contribution in [2.24, 2.45) is 0 Å². The zero-order chi connectivity index (χ0) is 39.6. The van der Waals surface area contributed by atoms with Crippen LogP contribution in [0.4, 0.5) is 0 Å². The van der Waals surface area contributed by atoms with Gasteiger partial charge in [0.2, 0.25) is 0 Å². The van der Waals surface area contributed by atoms with Gasteiger partial charge in [0, 0.05) is 11.6 Å². The van der Waals surface area contributed by atoms with Gasteiger partial charge in [0.25, 0.3) is 0 Å². The summed E-state index contributed by atoms with van der Waals surface area (Å²) in [5.74, 6) is 0. The van der Waals surface area contributed by atoms with Crippen LogP contribution >= 0.6 is 12.7 Å². The molecule has 0 unspecified atom stereocenters. The number of fused-ring (bicyclic) bond motifs is 9. The Morgan fingerprint density at radius 1 is 0.424 bits per heavy atom. The molecule has 0 aliphatic carbocycles. The quantitative estimate of drug-likeness (QED) is 0.0912. The number of nitrogens with zero attached hydrogens (tertiary/aromatic N) is 3. The summed E-state index contributed by atoms with van der Waals surface area (Å²) in [6.45, 7) is 0. The van der Waals surface area contributed by atoms with Crippen LogP contribution in [0.25, 0.3) is 60.4 Å². The predicted octanol–water partition coefficient (Wildman–Crippen LogP) is 10.0. The average molecular weight is 859 g/mol. The van der Waals surface area contributed by atoms with Gasteiger partial charge < -0.3 is 0 Å². The van der Waals surface area contributed by atoms with Crippen molar-refractivity contribution in [3.8, 4) is 11.1 Å². The normalized spacial score (nSPS) is 12.2. The van der Waals surface area contributed by atoms with Crippen molar-refractivity contribution in [1.82, 2.24) is 14.4 Å². The fourth-order valence-electron chi connectivity index (χ4n) is 8.65. The molecule has 8 aromatic carbocycles. The summed E-state index contributed by atoms with van der Waals surface area (Å²) in [6.07, 6.45) is 1.84. The number of aromatic nitrogens is 3. The third kappa shape index (κ3) is 5.81. The Labute approximate surface area is 349 Å². The van der Waals surface area contributed by atoms with Crippen molar-refractivity contribution in [2.75, 3.05) is 0 Å². The molecule has 0 aliphatic rings. The topological polar surface area (TPSA) is 47.3 Å². The van der Waals surface area contributed by atoms with Gasteiger partial charge in [-0.1, -0.05) is 42.5 Å². The van der Waals surface area contributed by atoms with E-state index in [2.05, 4.69) is 164 Å². The molecular formula is C52H35N3OP2Se. The number of pyridine rings is 2. The molecule has 0 spiro atoms. The first-order chi connectivity index (χ1) is 29.0. The number of imidazole rings is 1. The fourth-order valence-corrected chi connectivity index (χ4v) is 16.2. The monoisotopic (exact) mass is 859 g/mol. The molecule has 59 heavy (non-hydrogen) atoms. The van der Waals surface area contributed by atoms with Gasteiger partial charge in [0.1, 0.15) is 0 Å². The van der Waals surface area contributed by atoms with Crippen LogP contribution in [0.1, 0.15) is 0 Å². The van der Waals surface area contributed by atoms with Gasteiger partial charge in [-0.15, -0.1) is 0 Å². The van der Waals surface area contributed by atoms with E-state index in [1.807, 2.05) is 72.9 Å². The Morgan fingerprint density at radius 2 is 1.00 bits per heavy atom. The summed E-state index contributed by atoms with van der Waals surface area (Å²) in [5.41, 5.74) is 4.63. The minimum absolute atomic E-state index is 0.777. The van der Waals surface area contributed by atoms with E-state index in [-0.39, 0.29) is 0 Å². The molecule has 0 N–H and O–H groups in total. The van der Waals surface area contributed by atoms with Crippen molar-refractivity contribution in [3.63, 3.8) is 0 Å². The molecule has 3 heterocycles. The predicted molar refractivity (Wildman–Crippen MR) is 252 cm³/mol. The second-order valence-corrected chi connectivity index (χ2v) is 23.9. The Kier molecular flexibility index (Phi) is 8.70. The van der Waals surface area contributed by atoms with Crippen molar-refractivity contribution >= 4 is 109 Å². The van der Waals surface area contributed by atoms with Gasteiger partial charge in [0.15, 0.2) is 0 Å². The summed E-state index contributed by atoms with van der Waals surface area (Å²) in [4.78, 5) is 10.1. The van der Waals surface area contributed by atoms with Crippen LogP contribution < -0.4 is 31.8 Å². The summed E-state index contributed by atoms with van der Waals surface area (Å²) in [7, 11) is -3.28. The molecule has 11 rings (SSSR count). The molecule has 280 valence electrons. The molecule has 0 saturated carbocycles. The SMILES string of the molecule is O=P(c1ccccc1)(c1ccccc1)c1ccc2c3ccc(P(=[Se])(c4ccccc4)c4ccccc4)cc3c3nc4ccc(-c5ccc6cccnc6c5)cc4n3c2c1. The van der Waals surface area contributed by atoms with Gasteiger partial charge in [-0.05, 0) is 6.07 Å². The second-order valence-electron chi connectivity index (χ2n) is 14.9. The molecule has 0 fully saturated rings. The van der Waals surface area contributed by atoms with Gasteiger partial charge in [-0.3, -0.25) is 4.98 Å². The van der Waals surface area contributed by atoms with E-state index < -0.39 is 12.7 Å². The Morgan fingerprint density at radius 3 is 1.66 bits per heavy atom. The van der Waals surface area contributed by atoms with E-state index in [4.69, 9.17) is 4.98 Å². The van der Waals surface area contributed by atoms with Gasteiger partial charge >= 0.3 is 286 Å². The van der Waals surface area contributed by atoms with Gasteiger partial charge in [0.05, 0.1) is 0 Å². The maximum atomic E-state index is 15.8. The zero-order valence-corrected chi connectivity index (χ0v) is 35.3. The van der Waals surface area contributed by atoms with Gasteiger partial charge in [-0.25, -0.2) is 0 Å². The number of hydrogen-bond acceptors (Lipinski definition) is 3. The summed E-state index contributed by atoms with van der Waals surface area (Å²) >= 11 is 3.76. The van der Waals surface area contributed by atoms with Gasteiger partial charge in [-0.2, -0.15) is 0 Å². The molecular weight excluding hydrogens is 823 g/mol. The van der Waals surface area contributed by atoms with E-state index in [0.717, 1.165) is 76.3 Å². The van der Waals surface area contributed by atoms with Crippen molar-refractivity contribution in [2.45, 2.75) is 0 Å².